The van der Waals surface area contributed by atoms with Crippen LogP contribution in [0.25, 0.3) is 0 Å². The van der Waals surface area contributed by atoms with Gasteiger partial charge in [0.1, 0.15) is 5.75 Å². The average Bonchev–Trinajstić information content (AvgIpc) is 2.47. The maximum Gasteiger partial charge on any atom is 0.126 e. The summed E-state index contributed by atoms with van der Waals surface area (Å²) in [6.45, 7) is 6.77. The number of rotatable bonds is 5. The van der Waals surface area contributed by atoms with E-state index in [0.29, 0.717) is 5.75 Å². The van der Waals surface area contributed by atoms with Crippen LogP contribution in [0.15, 0.2) is 42.5 Å². The van der Waals surface area contributed by atoms with Gasteiger partial charge in [0.25, 0.3) is 0 Å². The quantitative estimate of drug-likeness (QED) is 0.893. The Kier molecular flexibility index (Phi) is 4.86. The number of aryl methyl sites for hydroxylation is 1. The maximum atomic E-state index is 10.2. The van der Waals surface area contributed by atoms with Crippen LogP contribution in [0, 0.1) is 6.92 Å². The monoisotopic (exact) mass is 285 g/mol. The van der Waals surface area contributed by atoms with Crippen molar-refractivity contribution in [1.29, 1.82) is 0 Å². The number of methoxy groups -OCH3 is 1. The molecule has 0 unspecified atom stereocenters. The molecule has 0 aliphatic rings. The topological polar surface area (TPSA) is 32.7 Å². The molecule has 0 saturated carbocycles. The molecule has 112 valence electrons. The van der Waals surface area contributed by atoms with Crippen molar-refractivity contribution in [2.24, 2.45) is 0 Å². The summed E-state index contributed by atoms with van der Waals surface area (Å²) in [5.41, 5.74) is 4.14. The van der Waals surface area contributed by atoms with Gasteiger partial charge in [0.2, 0.25) is 0 Å². The van der Waals surface area contributed by atoms with E-state index in [0.717, 1.165) is 23.5 Å². The fourth-order valence-corrected chi connectivity index (χ4v) is 2.65. The second-order valence-electron chi connectivity index (χ2n) is 5.15. The van der Waals surface area contributed by atoms with E-state index in [1.54, 1.807) is 14.0 Å². The van der Waals surface area contributed by atoms with E-state index in [-0.39, 0.29) is 0 Å². The minimum Gasteiger partial charge on any atom is -0.496 e. The van der Waals surface area contributed by atoms with Crippen molar-refractivity contribution in [3.63, 3.8) is 0 Å². The van der Waals surface area contributed by atoms with Crippen LogP contribution in [0.2, 0.25) is 0 Å². The molecule has 2 rings (SSSR count). The SMILES string of the molecule is CCN(c1cccc(C)c1)c1cccc(OC)c1[C@H](C)O. The first-order valence-electron chi connectivity index (χ1n) is 7.27. The number of hydrogen-bond donors (Lipinski definition) is 1. The van der Waals surface area contributed by atoms with Crippen LogP contribution in [0.5, 0.6) is 5.75 Å². The number of hydrogen-bond acceptors (Lipinski definition) is 3. The number of ether oxygens (including phenoxy) is 1. The molecule has 21 heavy (non-hydrogen) atoms. The van der Waals surface area contributed by atoms with E-state index in [2.05, 4.69) is 43.0 Å². The van der Waals surface area contributed by atoms with Crippen LogP contribution in [0.4, 0.5) is 11.4 Å². The Labute approximate surface area is 126 Å². The molecule has 0 spiro atoms. The molecule has 0 fully saturated rings. The van der Waals surface area contributed by atoms with Gasteiger partial charge < -0.3 is 14.7 Å². The van der Waals surface area contributed by atoms with Gasteiger partial charge in [-0.15, -0.1) is 0 Å². The minimum absolute atomic E-state index is 0.588. The molecular weight excluding hydrogens is 262 g/mol. The molecule has 0 aliphatic heterocycles. The Balaban J connectivity index is 2.57. The van der Waals surface area contributed by atoms with E-state index in [9.17, 15) is 5.11 Å². The Morgan fingerprint density at radius 2 is 1.90 bits per heavy atom. The highest BCUT2D eigenvalue weighted by Gasteiger charge is 2.19. The molecule has 0 bridgehead atoms. The van der Waals surface area contributed by atoms with Gasteiger partial charge in [-0.25, -0.2) is 0 Å². The molecule has 0 aliphatic carbocycles. The van der Waals surface area contributed by atoms with E-state index in [4.69, 9.17) is 4.74 Å². The number of aliphatic hydroxyl groups is 1. The van der Waals surface area contributed by atoms with E-state index >= 15 is 0 Å². The van der Waals surface area contributed by atoms with Gasteiger partial charge in [-0.3, -0.25) is 0 Å². The lowest BCUT2D eigenvalue weighted by atomic mass is 10.0. The zero-order valence-corrected chi connectivity index (χ0v) is 13.1. The Bertz CT molecular complexity index is 608. The number of anilines is 2. The summed E-state index contributed by atoms with van der Waals surface area (Å²) >= 11 is 0. The fraction of sp³-hybridized carbons (Fsp3) is 0.333. The predicted molar refractivity (Wildman–Crippen MR) is 87.5 cm³/mol. The molecule has 2 aromatic carbocycles. The summed E-state index contributed by atoms with van der Waals surface area (Å²) in [5, 5.41) is 10.2. The Hall–Kier alpha value is -2.00. The lowest BCUT2D eigenvalue weighted by molar-refractivity contribution is 0.195. The second-order valence-corrected chi connectivity index (χ2v) is 5.15. The standard InChI is InChI=1S/C18H23NO2/c1-5-19(15-9-6-8-13(2)12-15)16-10-7-11-17(21-4)18(16)14(3)20/h6-12,14,20H,5H2,1-4H3/t14-/m0/s1. The van der Waals surface area contributed by atoms with E-state index in [1.165, 1.54) is 5.56 Å². The van der Waals surface area contributed by atoms with Gasteiger partial charge >= 0.3 is 0 Å². The van der Waals surface area contributed by atoms with Gasteiger partial charge in [0.15, 0.2) is 0 Å². The van der Waals surface area contributed by atoms with E-state index < -0.39 is 6.10 Å². The second kappa shape index (κ2) is 6.64. The third-order valence-corrected chi connectivity index (χ3v) is 3.60. The number of nitrogens with zero attached hydrogens (tertiary/aromatic N) is 1. The molecule has 3 nitrogen and oxygen atoms in total. The fourth-order valence-electron chi connectivity index (χ4n) is 2.65. The molecule has 1 atom stereocenters. The van der Waals surface area contributed by atoms with Gasteiger partial charge in [-0.1, -0.05) is 18.2 Å². The normalized spacial score (nSPS) is 12.0. The van der Waals surface area contributed by atoms with Crippen LogP contribution < -0.4 is 9.64 Å². The first kappa shape index (κ1) is 15.4. The summed E-state index contributed by atoms with van der Waals surface area (Å²) in [6.07, 6.45) is -0.588. The van der Waals surface area contributed by atoms with Crippen molar-refractivity contribution < 1.29 is 9.84 Å². The highest BCUT2D eigenvalue weighted by atomic mass is 16.5. The third kappa shape index (κ3) is 3.19. The van der Waals surface area contributed by atoms with Gasteiger partial charge in [-0.2, -0.15) is 0 Å². The number of aliphatic hydroxyl groups excluding tert-OH is 1. The predicted octanol–water partition coefficient (Wildman–Crippen LogP) is 4.21. The molecule has 3 heteroatoms. The van der Waals surface area contributed by atoms with Crippen molar-refractivity contribution in [3.8, 4) is 5.75 Å². The van der Waals surface area contributed by atoms with Crippen molar-refractivity contribution in [3.05, 3.63) is 53.6 Å². The maximum absolute atomic E-state index is 10.2. The molecule has 0 amide bonds. The van der Waals surface area contributed by atoms with Gasteiger partial charge in [0.05, 0.1) is 18.9 Å². The number of benzene rings is 2. The average molecular weight is 285 g/mol. The van der Waals surface area contributed by atoms with Crippen molar-refractivity contribution in [1.82, 2.24) is 0 Å². The largest absolute Gasteiger partial charge is 0.496 e. The van der Waals surface area contributed by atoms with Crippen molar-refractivity contribution in [2.45, 2.75) is 26.9 Å². The van der Waals surface area contributed by atoms with Crippen molar-refractivity contribution in [2.75, 3.05) is 18.6 Å². The first-order valence-corrected chi connectivity index (χ1v) is 7.27. The third-order valence-electron chi connectivity index (χ3n) is 3.60. The summed E-state index contributed by atoms with van der Waals surface area (Å²) in [6, 6.07) is 14.2. The van der Waals surface area contributed by atoms with Crippen LogP contribution in [0.3, 0.4) is 0 Å². The lowest BCUT2D eigenvalue weighted by Crippen LogP contribution is -2.19. The smallest absolute Gasteiger partial charge is 0.126 e. The Morgan fingerprint density at radius 1 is 1.19 bits per heavy atom. The first-order chi connectivity index (χ1) is 10.1. The van der Waals surface area contributed by atoms with Crippen molar-refractivity contribution >= 4 is 11.4 Å². The zero-order valence-electron chi connectivity index (χ0n) is 13.1. The van der Waals surface area contributed by atoms with Crippen LogP contribution >= 0.6 is 0 Å². The summed E-state index contributed by atoms with van der Waals surface area (Å²) in [4.78, 5) is 2.19. The highest BCUT2D eigenvalue weighted by Crippen LogP contribution is 2.37. The van der Waals surface area contributed by atoms with E-state index in [1.807, 2.05) is 18.2 Å². The molecule has 0 heterocycles. The molecule has 0 radical (unpaired) electrons. The van der Waals surface area contributed by atoms with Gasteiger partial charge in [0, 0.05) is 17.8 Å². The Morgan fingerprint density at radius 3 is 2.48 bits per heavy atom. The summed E-state index contributed by atoms with van der Waals surface area (Å²) in [7, 11) is 1.63. The summed E-state index contributed by atoms with van der Waals surface area (Å²) < 4.78 is 5.41. The minimum atomic E-state index is -0.588. The zero-order chi connectivity index (χ0) is 15.4. The summed E-state index contributed by atoms with van der Waals surface area (Å²) in [5.74, 6) is 0.716. The van der Waals surface area contributed by atoms with Crippen LogP contribution in [-0.2, 0) is 0 Å². The van der Waals surface area contributed by atoms with Crippen LogP contribution in [0.1, 0.15) is 31.1 Å². The molecule has 0 aromatic heterocycles. The van der Waals surface area contributed by atoms with Gasteiger partial charge in [-0.05, 0) is 50.6 Å². The molecule has 2 aromatic rings. The molecular formula is C18H23NO2. The molecule has 1 N–H and O–H groups in total. The lowest BCUT2D eigenvalue weighted by Gasteiger charge is -2.28. The van der Waals surface area contributed by atoms with Crippen LogP contribution in [-0.4, -0.2) is 18.8 Å². The molecule has 0 saturated heterocycles. The highest BCUT2D eigenvalue weighted by molar-refractivity contribution is 5.70.